The fourth-order valence-corrected chi connectivity index (χ4v) is 2.56. The first-order valence-electron chi connectivity index (χ1n) is 6.65. The van der Waals surface area contributed by atoms with E-state index in [0.717, 1.165) is 5.06 Å². The van der Waals surface area contributed by atoms with Crippen LogP contribution in [0.5, 0.6) is 0 Å². The Morgan fingerprint density at radius 3 is 2.50 bits per heavy atom. The zero-order chi connectivity index (χ0) is 16.5. The van der Waals surface area contributed by atoms with Crippen molar-refractivity contribution in [1.82, 2.24) is 5.06 Å². The van der Waals surface area contributed by atoms with E-state index in [-0.39, 0.29) is 6.61 Å². The first-order valence-corrected chi connectivity index (χ1v) is 6.65. The van der Waals surface area contributed by atoms with Gasteiger partial charge in [-0.05, 0) is 12.5 Å². The van der Waals surface area contributed by atoms with Crippen LogP contribution in [0.15, 0.2) is 30.3 Å². The number of rotatable bonds is 3. The van der Waals surface area contributed by atoms with E-state index in [0.29, 0.717) is 5.56 Å². The predicted molar refractivity (Wildman–Crippen MR) is 69.2 cm³/mol. The molecule has 1 N–H and O–H groups in total. The third kappa shape index (κ3) is 2.69. The molecule has 0 bridgehead atoms. The number of halogens is 3. The number of alkyl halides is 3. The topological polar surface area (TPSA) is 59.0 Å². The highest BCUT2D eigenvalue weighted by molar-refractivity contribution is 5.75. The molecule has 1 saturated heterocycles. The van der Waals surface area contributed by atoms with Crippen LogP contribution in [0.2, 0.25) is 0 Å². The summed E-state index contributed by atoms with van der Waals surface area (Å²) in [4.78, 5) is 16.7. The van der Waals surface area contributed by atoms with Gasteiger partial charge in [-0.2, -0.15) is 18.2 Å². The Hall–Kier alpha value is -1.64. The summed E-state index contributed by atoms with van der Waals surface area (Å²) in [7, 11) is 1.23. The van der Waals surface area contributed by atoms with Gasteiger partial charge in [-0.3, -0.25) is 9.63 Å². The lowest BCUT2D eigenvalue weighted by molar-refractivity contribution is -0.400. The van der Waals surface area contributed by atoms with Crippen LogP contribution >= 0.6 is 0 Å². The zero-order valence-electron chi connectivity index (χ0n) is 12.0. The molecule has 0 saturated carbocycles. The molecule has 122 valence electrons. The molecule has 22 heavy (non-hydrogen) atoms. The Morgan fingerprint density at radius 1 is 1.41 bits per heavy atom. The monoisotopic (exact) mass is 319 g/mol. The number of hydroxylamine groups is 2. The number of hydrogen-bond acceptors (Lipinski definition) is 5. The average Bonchev–Trinajstić information content (AvgIpc) is 2.72. The molecule has 0 aliphatic carbocycles. The van der Waals surface area contributed by atoms with E-state index in [1.165, 1.54) is 14.0 Å². The number of benzene rings is 1. The van der Waals surface area contributed by atoms with Gasteiger partial charge >= 0.3 is 12.1 Å². The van der Waals surface area contributed by atoms with E-state index >= 15 is 0 Å². The van der Waals surface area contributed by atoms with E-state index < -0.39 is 29.9 Å². The molecule has 1 aliphatic rings. The lowest BCUT2D eigenvalue weighted by atomic mass is 9.87. The Kier molecular flexibility index (Phi) is 4.46. The highest BCUT2D eigenvalue weighted by Gasteiger charge is 2.71. The van der Waals surface area contributed by atoms with Crippen molar-refractivity contribution in [2.75, 3.05) is 13.7 Å². The molecule has 1 aromatic carbocycles. The lowest BCUT2D eigenvalue weighted by Crippen LogP contribution is -2.53. The summed E-state index contributed by atoms with van der Waals surface area (Å²) >= 11 is 0. The number of carbonyl (C=O) groups excluding carboxylic acids is 1. The molecular weight excluding hydrogens is 303 g/mol. The van der Waals surface area contributed by atoms with E-state index in [4.69, 9.17) is 4.74 Å². The van der Waals surface area contributed by atoms with Crippen LogP contribution in [-0.4, -0.2) is 41.8 Å². The molecule has 1 aliphatic heterocycles. The maximum absolute atomic E-state index is 13.2. The smallest absolute Gasteiger partial charge is 0.445 e. The first kappa shape index (κ1) is 16.7. The van der Waals surface area contributed by atoms with Crippen LogP contribution in [0.3, 0.4) is 0 Å². The summed E-state index contributed by atoms with van der Waals surface area (Å²) in [6.07, 6.45) is -5.15. The van der Waals surface area contributed by atoms with Crippen LogP contribution in [-0.2, 0) is 14.4 Å². The Balaban J connectivity index is 2.50. The lowest BCUT2D eigenvalue weighted by Gasteiger charge is -2.29. The summed E-state index contributed by atoms with van der Waals surface area (Å²) in [6.45, 7) is 1.37. The average molecular weight is 319 g/mol. The molecule has 8 heteroatoms. The first-order chi connectivity index (χ1) is 10.2. The molecule has 3 atom stereocenters. The highest BCUT2D eigenvalue weighted by Crippen LogP contribution is 2.51. The molecule has 0 aromatic heterocycles. The minimum atomic E-state index is -5.15. The van der Waals surface area contributed by atoms with Crippen molar-refractivity contribution in [3.63, 3.8) is 0 Å². The molecule has 1 heterocycles. The Morgan fingerprint density at radius 2 is 2.00 bits per heavy atom. The van der Waals surface area contributed by atoms with Gasteiger partial charge in [0.05, 0.1) is 12.6 Å². The Bertz CT molecular complexity index is 537. The van der Waals surface area contributed by atoms with Crippen molar-refractivity contribution in [3.05, 3.63) is 35.9 Å². The van der Waals surface area contributed by atoms with Gasteiger partial charge in [-0.1, -0.05) is 30.3 Å². The van der Waals surface area contributed by atoms with Crippen LogP contribution in [0.4, 0.5) is 13.2 Å². The fraction of sp³-hybridized carbons (Fsp3) is 0.500. The number of ether oxygens (including phenoxy) is 1. The second kappa shape index (κ2) is 5.86. The molecule has 1 fully saturated rings. The van der Waals surface area contributed by atoms with E-state index in [9.17, 15) is 23.1 Å². The maximum atomic E-state index is 13.2. The summed E-state index contributed by atoms with van der Waals surface area (Å²) < 4.78 is 44.5. The summed E-state index contributed by atoms with van der Waals surface area (Å²) in [5.41, 5.74) is 0.406. The highest BCUT2D eigenvalue weighted by atomic mass is 19.4. The molecular formula is C14H16F3NO4. The third-order valence-corrected chi connectivity index (χ3v) is 3.50. The van der Waals surface area contributed by atoms with Gasteiger partial charge in [0.15, 0.2) is 0 Å². The maximum Gasteiger partial charge on any atom is 0.445 e. The molecule has 0 spiro atoms. The van der Waals surface area contributed by atoms with Crippen LogP contribution < -0.4 is 0 Å². The summed E-state index contributed by atoms with van der Waals surface area (Å²) in [6, 6.07) is 6.92. The second-order valence-electron chi connectivity index (χ2n) is 4.92. The minimum absolute atomic E-state index is 0.103. The van der Waals surface area contributed by atoms with Gasteiger partial charge in [0.1, 0.15) is 5.92 Å². The quantitative estimate of drug-likeness (QED) is 0.864. The molecule has 5 nitrogen and oxygen atoms in total. The fourth-order valence-electron chi connectivity index (χ4n) is 2.56. The van der Waals surface area contributed by atoms with Gasteiger partial charge in [-0.15, -0.1) is 0 Å². The van der Waals surface area contributed by atoms with Crippen LogP contribution in [0, 0.1) is 5.92 Å². The molecule has 0 radical (unpaired) electrons. The number of esters is 1. The normalized spacial score (nSPS) is 29.5. The SMILES string of the molecule is CCOC(=O)[C@H]1[C@H](c2ccccc2)N(C)O[C@@]1(O)C(F)(F)F. The second-order valence-corrected chi connectivity index (χ2v) is 4.92. The summed E-state index contributed by atoms with van der Waals surface area (Å²) in [5, 5.41) is 10.8. The van der Waals surface area contributed by atoms with Gasteiger partial charge in [0.2, 0.25) is 0 Å². The molecule has 1 aromatic rings. The largest absolute Gasteiger partial charge is 0.466 e. The van der Waals surface area contributed by atoms with Crippen molar-refractivity contribution >= 4 is 5.97 Å². The van der Waals surface area contributed by atoms with Gasteiger partial charge in [-0.25, -0.2) is 0 Å². The number of nitrogens with zero attached hydrogens (tertiary/aromatic N) is 1. The van der Waals surface area contributed by atoms with Gasteiger partial charge < -0.3 is 9.84 Å². The van der Waals surface area contributed by atoms with Crippen molar-refractivity contribution in [3.8, 4) is 0 Å². The van der Waals surface area contributed by atoms with Gasteiger partial charge in [0.25, 0.3) is 5.79 Å². The summed E-state index contributed by atoms with van der Waals surface area (Å²) in [5.74, 6) is -6.74. The molecule has 0 amide bonds. The Labute approximate surface area is 125 Å². The third-order valence-electron chi connectivity index (χ3n) is 3.50. The minimum Gasteiger partial charge on any atom is -0.466 e. The van der Waals surface area contributed by atoms with Crippen LogP contribution in [0.1, 0.15) is 18.5 Å². The number of aliphatic hydroxyl groups is 1. The standard InChI is InChI=1S/C14H16F3NO4/c1-3-21-12(19)10-11(9-7-5-4-6-8-9)18(2)22-13(10,20)14(15,16)17/h4-8,10-11,20H,3H2,1-2H3/t10-,11+,13-/m1/s1. The number of hydrogen-bond donors (Lipinski definition) is 1. The van der Waals surface area contributed by atoms with Gasteiger partial charge in [0, 0.05) is 7.05 Å². The van der Waals surface area contributed by atoms with Crippen LogP contribution in [0.25, 0.3) is 0 Å². The zero-order valence-corrected chi connectivity index (χ0v) is 12.0. The predicted octanol–water partition coefficient (Wildman–Crippen LogP) is 2.03. The van der Waals surface area contributed by atoms with Crippen molar-refractivity contribution in [2.45, 2.75) is 24.9 Å². The van der Waals surface area contributed by atoms with E-state index in [1.54, 1.807) is 30.3 Å². The molecule has 2 rings (SSSR count). The molecule has 0 unspecified atom stereocenters. The van der Waals surface area contributed by atoms with Crippen molar-refractivity contribution in [2.24, 2.45) is 5.92 Å². The van der Waals surface area contributed by atoms with E-state index in [2.05, 4.69) is 4.84 Å². The van der Waals surface area contributed by atoms with Crippen molar-refractivity contribution in [1.29, 1.82) is 0 Å². The van der Waals surface area contributed by atoms with Crippen molar-refractivity contribution < 1.29 is 32.6 Å². The number of carbonyl (C=O) groups is 1. The van der Waals surface area contributed by atoms with E-state index in [1.807, 2.05) is 0 Å².